The zero-order chi connectivity index (χ0) is 8.57. The minimum Gasteiger partial charge on any atom is -0.527 e. The van der Waals surface area contributed by atoms with Gasteiger partial charge in [0.1, 0.15) is 0 Å². The molecule has 0 fully saturated rings. The van der Waals surface area contributed by atoms with E-state index < -0.39 is 0 Å². The molecular weight excluding hydrogens is 265 g/mol. The predicted octanol–water partition coefficient (Wildman–Crippen LogP) is 3.02. The van der Waals surface area contributed by atoms with Crippen LogP contribution in [0.15, 0.2) is 30.6 Å². The summed E-state index contributed by atoms with van der Waals surface area (Å²) in [6.45, 7) is 12.4. The molecule has 0 aromatic carbocycles. The van der Waals surface area contributed by atoms with Gasteiger partial charge in [0.05, 0.1) is 0 Å². The van der Waals surface area contributed by atoms with E-state index in [1.54, 1.807) is 13.0 Å². The minimum atomic E-state index is 0. The van der Waals surface area contributed by atoms with E-state index in [4.69, 9.17) is 5.11 Å². The van der Waals surface area contributed by atoms with E-state index in [0.717, 1.165) is 0 Å². The second-order valence-corrected chi connectivity index (χ2v) is 1.48. The third kappa shape index (κ3) is 13.4. The zero-order valence-electron chi connectivity index (χ0n) is 7.52. The molecule has 0 unspecified atom stereocenters. The van der Waals surface area contributed by atoms with Crippen LogP contribution in [0, 0.1) is 47.4 Å². The first-order valence-corrected chi connectivity index (χ1v) is 3.26. The topological polar surface area (TPSA) is 20.2 Å². The van der Waals surface area contributed by atoms with E-state index in [2.05, 4.69) is 19.2 Å². The van der Waals surface area contributed by atoms with Gasteiger partial charge >= 0.3 is 0 Å². The fraction of sp³-hybridized carbons (Fsp3) is 0.333. The quantitative estimate of drug-likeness (QED) is 0.468. The van der Waals surface area contributed by atoms with Gasteiger partial charge in [0.15, 0.2) is 0 Å². The molecule has 0 aliphatic rings. The van der Waals surface area contributed by atoms with E-state index in [-0.39, 0.29) is 47.1 Å². The summed E-state index contributed by atoms with van der Waals surface area (Å²) in [5, 5.41) is 8.62. The van der Waals surface area contributed by atoms with Crippen molar-refractivity contribution in [2.75, 3.05) is 0 Å². The molecule has 0 bridgehead atoms. The molecule has 0 atom stereocenters. The van der Waals surface area contributed by atoms with Crippen LogP contribution in [0.4, 0.5) is 0 Å². The summed E-state index contributed by atoms with van der Waals surface area (Å²) in [4.78, 5) is 0. The molecule has 11 heavy (non-hydrogen) atoms. The maximum Gasteiger partial charge on any atom is 0.0313 e. The van der Waals surface area contributed by atoms with Crippen molar-refractivity contribution in [1.82, 2.24) is 0 Å². The molecule has 1 radical (unpaired) electrons. The van der Waals surface area contributed by atoms with Crippen LogP contribution in [0.3, 0.4) is 0 Å². The molecule has 0 heterocycles. The van der Waals surface area contributed by atoms with Crippen molar-refractivity contribution < 1.29 is 46.4 Å². The summed E-state index contributed by atoms with van der Waals surface area (Å²) in [5.74, 6) is 0.0705. The van der Waals surface area contributed by atoms with Gasteiger partial charge in [-0.2, -0.15) is 12.2 Å². The van der Waals surface area contributed by atoms with E-state index in [1.165, 1.54) is 0 Å². The number of hydrogen-bond donors (Lipinski definition) is 1. The first-order chi connectivity index (χ1) is 4.68. The van der Waals surface area contributed by atoms with E-state index in [0.29, 0.717) is 5.57 Å². The van der Waals surface area contributed by atoms with E-state index >= 15 is 0 Å². The Morgan fingerprint density at radius 1 is 1.45 bits per heavy atom. The van der Waals surface area contributed by atoms with Crippen LogP contribution in [-0.4, -0.2) is 5.11 Å². The molecule has 1 N–H and O–H groups in total. The molecular formula is C9H15OPr-. The van der Waals surface area contributed by atoms with Crippen LogP contribution >= 0.6 is 0 Å². The molecule has 2 heteroatoms. The Balaban J connectivity index is -0.000000196. The Morgan fingerprint density at radius 2 is 1.82 bits per heavy atom. The normalized spacial score (nSPS) is 8.45. The molecule has 0 saturated carbocycles. The van der Waals surface area contributed by atoms with E-state index in [9.17, 15) is 0 Å². The minimum absolute atomic E-state index is 0. The first kappa shape index (κ1) is 17.5. The van der Waals surface area contributed by atoms with Gasteiger partial charge in [0, 0.05) is 47.1 Å². The molecule has 0 saturated heterocycles. The third-order valence-corrected chi connectivity index (χ3v) is 0.774. The van der Waals surface area contributed by atoms with Crippen molar-refractivity contribution in [2.45, 2.75) is 20.8 Å². The Labute approximate surface area is 103 Å². The van der Waals surface area contributed by atoms with Crippen LogP contribution in [0.5, 0.6) is 0 Å². The number of aliphatic hydroxyl groups excluding tert-OH is 1. The summed E-state index contributed by atoms with van der Waals surface area (Å²) in [7, 11) is 0. The fourth-order valence-corrected chi connectivity index (χ4v) is 0.236. The van der Waals surface area contributed by atoms with Crippen LogP contribution in [0.2, 0.25) is 0 Å². The average molecular weight is 280 g/mol. The maximum absolute atomic E-state index is 8.62. The summed E-state index contributed by atoms with van der Waals surface area (Å²) in [6, 6.07) is 0. The fourth-order valence-electron chi connectivity index (χ4n) is 0.236. The van der Waals surface area contributed by atoms with Crippen LogP contribution in [0.1, 0.15) is 20.8 Å². The molecule has 0 amide bonds. The molecule has 0 aromatic heterocycles. The second-order valence-electron chi connectivity index (χ2n) is 1.48. The SMILES string of the molecule is C=[C-]/C=C(\C)C(=C)O.CC.[Pr]. The Bertz CT molecular complexity index is 136. The number of rotatable bonds is 2. The smallest absolute Gasteiger partial charge is 0.0313 e. The van der Waals surface area contributed by atoms with Gasteiger partial charge in [0.2, 0.25) is 0 Å². The monoisotopic (exact) mass is 280 g/mol. The van der Waals surface area contributed by atoms with Gasteiger partial charge in [-0.1, -0.05) is 20.4 Å². The second kappa shape index (κ2) is 13.0. The molecule has 61 valence electrons. The summed E-state index contributed by atoms with van der Waals surface area (Å²) in [6.07, 6.45) is 4.09. The molecule has 0 aliphatic carbocycles. The summed E-state index contributed by atoms with van der Waals surface area (Å²) >= 11 is 0. The van der Waals surface area contributed by atoms with Crippen LogP contribution < -0.4 is 0 Å². The zero-order valence-corrected chi connectivity index (χ0v) is 11.2. The molecule has 0 aliphatic heterocycles. The first-order valence-electron chi connectivity index (χ1n) is 3.26. The van der Waals surface area contributed by atoms with Crippen molar-refractivity contribution in [3.8, 4) is 0 Å². The van der Waals surface area contributed by atoms with Crippen molar-refractivity contribution in [3.63, 3.8) is 0 Å². The maximum atomic E-state index is 8.62. The summed E-state index contributed by atoms with van der Waals surface area (Å²) in [5.41, 5.74) is 0.694. The van der Waals surface area contributed by atoms with Gasteiger partial charge < -0.3 is 5.11 Å². The molecule has 0 spiro atoms. The van der Waals surface area contributed by atoms with E-state index in [1.807, 2.05) is 13.8 Å². The van der Waals surface area contributed by atoms with Gasteiger partial charge in [-0.3, -0.25) is 6.08 Å². The number of aliphatic hydroxyl groups is 1. The molecule has 0 rings (SSSR count). The predicted molar refractivity (Wildman–Crippen MR) is 45.7 cm³/mol. The third-order valence-electron chi connectivity index (χ3n) is 0.774. The average Bonchev–Trinajstić information content (AvgIpc) is 1.93. The Morgan fingerprint density at radius 3 is 1.91 bits per heavy atom. The van der Waals surface area contributed by atoms with Crippen molar-refractivity contribution >= 4 is 0 Å². The van der Waals surface area contributed by atoms with Crippen LogP contribution in [-0.2, 0) is 0 Å². The Hall–Kier alpha value is 0.384. The number of allylic oxidation sites excluding steroid dienone is 3. The summed E-state index contributed by atoms with van der Waals surface area (Å²) < 4.78 is 0. The standard InChI is InChI=1S/C7H9O.C2H6.Pr/c1-4-5-6(2)7(3)8;1-2;/h5,8H,1,3H2,2H3;1-2H3;/q-1;;/b6-5+;;. The Kier molecular flexibility index (Phi) is 20.7. The van der Waals surface area contributed by atoms with Crippen molar-refractivity contribution in [1.29, 1.82) is 0 Å². The van der Waals surface area contributed by atoms with Gasteiger partial charge in [-0.05, 0) is 0 Å². The van der Waals surface area contributed by atoms with Gasteiger partial charge in [0.25, 0.3) is 0 Å². The molecule has 1 nitrogen and oxygen atoms in total. The van der Waals surface area contributed by atoms with Crippen molar-refractivity contribution in [2.24, 2.45) is 0 Å². The molecule has 0 aromatic rings. The van der Waals surface area contributed by atoms with Gasteiger partial charge in [-0.25, -0.2) is 6.08 Å². The van der Waals surface area contributed by atoms with Crippen molar-refractivity contribution in [3.05, 3.63) is 36.6 Å². The number of hydrogen-bond acceptors (Lipinski definition) is 1. The van der Waals surface area contributed by atoms with Gasteiger partial charge in [-0.15, -0.1) is 6.92 Å². The largest absolute Gasteiger partial charge is 0.527 e. The van der Waals surface area contributed by atoms with Crippen LogP contribution in [0.25, 0.3) is 0 Å².